The van der Waals surface area contributed by atoms with Crippen molar-refractivity contribution in [3.63, 3.8) is 0 Å². The molecule has 5 heteroatoms. The molecule has 1 saturated heterocycles. The second-order valence-corrected chi connectivity index (χ2v) is 6.72. The van der Waals surface area contributed by atoms with Gasteiger partial charge < -0.3 is 20.6 Å². The van der Waals surface area contributed by atoms with E-state index in [0.717, 1.165) is 45.2 Å². The first-order chi connectivity index (χ1) is 11.3. The molecule has 23 heavy (non-hydrogen) atoms. The molecule has 2 fully saturated rings. The number of hydrogen-bond donors (Lipinski definition) is 3. The van der Waals surface area contributed by atoms with E-state index >= 15 is 0 Å². The Hall–Kier alpha value is -1.75. The summed E-state index contributed by atoms with van der Waals surface area (Å²) in [6.07, 6.45) is 5.17. The Morgan fingerprint density at radius 2 is 1.96 bits per heavy atom. The molecule has 0 spiro atoms. The fourth-order valence-corrected chi connectivity index (χ4v) is 3.81. The van der Waals surface area contributed by atoms with Crippen LogP contribution < -0.4 is 15.5 Å². The summed E-state index contributed by atoms with van der Waals surface area (Å²) in [7, 11) is 0. The summed E-state index contributed by atoms with van der Waals surface area (Å²) in [5, 5.41) is 15.5. The minimum Gasteiger partial charge on any atom is -0.396 e. The van der Waals surface area contributed by atoms with Gasteiger partial charge in [0.1, 0.15) is 0 Å². The molecule has 3 atom stereocenters. The molecule has 1 aromatic carbocycles. The van der Waals surface area contributed by atoms with Gasteiger partial charge in [-0.15, -0.1) is 0 Å². The van der Waals surface area contributed by atoms with Crippen molar-refractivity contribution in [1.29, 1.82) is 0 Å². The highest BCUT2D eigenvalue weighted by Gasteiger charge is 2.29. The summed E-state index contributed by atoms with van der Waals surface area (Å²) in [4.78, 5) is 14.6. The summed E-state index contributed by atoms with van der Waals surface area (Å²) in [5.41, 5.74) is 1.22. The zero-order valence-corrected chi connectivity index (χ0v) is 13.6. The fourth-order valence-electron chi connectivity index (χ4n) is 3.81. The number of nitrogens with zero attached hydrogens (tertiary/aromatic N) is 1. The number of carbonyl (C=O) groups is 1. The van der Waals surface area contributed by atoms with Gasteiger partial charge >= 0.3 is 6.03 Å². The second kappa shape index (κ2) is 7.68. The zero-order valence-electron chi connectivity index (χ0n) is 13.6. The van der Waals surface area contributed by atoms with Crippen molar-refractivity contribution in [3.8, 4) is 0 Å². The van der Waals surface area contributed by atoms with E-state index in [1.807, 2.05) is 18.2 Å². The van der Waals surface area contributed by atoms with Crippen molar-refractivity contribution in [2.24, 2.45) is 5.92 Å². The van der Waals surface area contributed by atoms with Crippen molar-refractivity contribution >= 4 is 11.7 Å². The quantitative estimate of drug-likeness (QED) is 0.797. The number of piperidine rings is 1. The molecule has 3 rings (SSSR count). The fraction of sp³-hybridized carbons (Fsp3) is 0.611. The Balaban J connectivity index is 1.50. The average molecular weight is 317 g/mol. The molecule has 1 saturated carbocycles. The normalized spacial score (nSPS) is 27.7. The van der Waals surface area contributed by atoms with Gasteiger partial charge in [0.2, 0.25) is 0 Å². The number of amides is 2. The number of nitrogens with one attached hydrogen (secondary N) is 2. The first kappa shape index (κ1) is 16.1. The van der Waals surface area contributed by atoms with E-state index in [0.29, 0.717) is 0 Å². The van der Waals surface area contributed by atoms with Crippen molar-refractivity contribution in [2.45, 2.75) is 44.2 Å². The van der Waals surface area contributed by atoms with E-state index in [9.17, 15) is 9.90 Å². The Bertz CT molecular complexity index is 508. The third-order valence-electron chi connectivity index (χ3n) is 5.09. The monoisotopic (exact) mass is 317 g/mol. The number of anilines is 1. The lowest BCUT2D eigenvalue weighted by atomic mass is 10.0. The number of rotatable bonds is 4. The van der Waals surface area contributed by atoms with Gasteiger partial charge in [-0.3, -0.25) is 0 Å². The van der Waals surface area contributed by atoms with Gasteiger partial charge in [0, 0.05) is 43.4 Å². The van der Waals surface area contributed by atoms with Crippen molar-refractivity contribution in [3.05, 3.63) is 30.3 Å². The van der Waals surface area contributed by atoms with E-state index in [4.69, 9.17) is 0 Å². The van der Waals surface area contributed by atoms with Crippen LogP contribution in [0.15, 0.2) is 30.3 Å². The smallest absolute Gasteiger partial charge is 0.315 e. The number of benzene rings is 1. The van der Waals surface area contributed by atoms with Crippen LogP contribution in [0.1, 0.15) is 32.1 Å². The molecular formula is C18H27N3O2. The lowest BCUT2D eigenvalue weighted by Crippen LogP contribution is -2.53. The van der Waals surface area contributed by atoms with Crippen LogP contribution in [-0.4, -0.2) is 42.9 Å². The Labute approximate surface area is 138 Å². The molecule has 5 nitrogen and oxygen atoms in total. The molecule has 0 radical (unpaired) electrons. The predicted octanol–water partition coefficient (Wildman–Crippen LogP) is 2.12. The van der Waals surface area contributed by atoms with Crippen LogP contribution in [0.3, 0.4) is 0 Å². The molecule has 1 aliphatic carbocycles. The Kier molecular flexibility index (Phi) is 5.39. The lowest BCUT2D eigenvalue weighted by Gasteiger charge is -2.35. The molecule has 2 aliphatic rings. The second-order valence-electron chi connectivity index (χ2n) is 6.72. The van der Waals surface area contributed by atoms with E-state index in [1.54, 1.807) is 0 Å². The lowest BCUT2D eigenvalue weighted by molar-refractivity contribution is 0.197. The minimum atomic E-state index is -0.0877. The standard InChI is InChI=1S/C18H27N3O2/c22-13-14-6-4-10-17(14)20-18(23)19-15-7-5-11-21(12-15)16-8-2-1-3-9-16/h1-3,8-9,14-15,17,22H,4-7,10-13H2,(H2,19,20,23). The number of hydrogen-bond acceptors (Lipinski definition) is 3. The third-order valence-corrected chi connectivity index (χ3v) is 5.09. The summed E-state index contributed by atoms with van der Waals surface area (Å²) < 4.78 is 0. The van der Waals surface area contributed by atoms with E-state index in [-0.39, 0.29) is 30.6 Å². The van der Waals surface area contributed by atoms with Gasteiger partial charge in [0.15, 0.2) is 0 Å². The average Bonchev–Trinajstić information content (AvgIpc) is 3.03. The summed E-state index contributed by atoms with van der Waals surface area (Å²) in [6.45, 7) is 2.06. The SMILES string of the molecule is O=C(NC1CCCN(c2ccccc2)C1)NC1CCCC1CO. The highest BCUT2D eigenvalue weighted by Crippen LogP contribution is 2.25. The maximum absolute atomic E-state index is 12.2. The molecular weight excluding hydrogens is 290 g/mol. The van der Waals surface area contributed by atoms with E-state index < -0.39 is 0 Å². The van der Waals surface area contributed by atoms with Crippen LogP contribution in [-0.2, 0) is 0 Å². The molecule has 1 aromatic rings. The molecule has 0 aromatic heterocycles. The van der Waals surface area contributed by atoms with Crippen LogP contribution in [0.4, 0.5) is 10.5 Å². The van der Waals surface area contributed by atoms with E-state index in [1.165, 1.54) is 5.69 Å². The molecule has 126 valence electrons. The maximum atomic E-state index is 12.2. The highest BCUT2D eigenvalue weighted by atomic mass is 16.3. The molecule has 3 N–H and O–H groups in total. The molecule has 3 unspecified atom stereocenters. The molecule has 0 bridgehead atoms. The number of aliphatic hydroxyl groups excluding tert-OH is 1. The molecule has 2 amide bonds. The first-order valence-electron chi connectivity index (χ1n) is 8.74. The summed E-state index contributed by atoms with van der Waals surface area (Å²) in [5.74, 6) is 0.216. The van der Waals surface area contributed by atoms with E-state index in [2.05, 4.69) is 27.7 Å². The molecule has 1 aliphatic heterocycles. The van der Waals surface area contributed by atoms with Crippen LogP contribution in [0, 0.1) is 5.92 Å². The topological polar surface area (TPSA) is 64.6 Å². The largest absolute Gasteiger partial charge is 0.396 e. The number of urea groups is 1. The van der Waals surface area contributed by atoms with Gasteiger partial charge in [-0.25, -0.2) is 4.79 Å². The van der Waals surface area contributed by atoms with Crippen molar-refractivity contribution in [1.82, 2.24) is 10.6 Å². The highest BCUT2D eigenvalue weighted by molar-refractivity contribution is 5.74. The predicted molar refractivity (Wildman–Crippen MR) is 91.6 cm³/mol. The van der Waals surface area contributed by atoms with Gasteiger partial charge in [-0.05, 0) is 37.8 Å². The van der Waals surface area contributed by atoms with Crippen LogP contribution in [0.2, 0.25) is 0 Å². The maximum Gasteiger partial charge on any atom is 0.315 e. The summed E-state index contributed by atoms with van der Waals surface area (Å²) >= 11 is 0. The Morgan fingerprint density at radius 1 is 1.13 bits per heavy atom. The van der Waals surface area contributed by atoms with Gasteiger partial charge in [0.25, 0.3) is 0 Å². The van der Waals surface area contributed by atoms with Gasteiger partial charge in [-0.2, -0.15) is 0 Å². The van der Waals surface area contributed by atoms with Crippen molar-refractivity contribution < 1.29 is 9.90 Å². The zero-order chi connectivity index (χ0) is 16.1. The minimum absolute atomic E-state index is 0.0877. The van der Waals surface area contributed by atoms with Gasteiger partial charge in [-0.1, -0.05) is 24.6 Å². The van der Waals surface area contributed by atoms with Gasteiger partial charge in [0.05, 0.1) is 0 Å². The van der Waals surface area contributed by atoms with Crippen LogP contribution in [0.25, 0.3) is 0 Å². The number of carbonyl (C=O) groups excluding carboxylic acids is 1. The van der Waals surface area contributed by atoms with Crippen molar-refractivity contribution in [2.75, 3.05) is 24.6 Å². The van der Waals surface area contributed by atoms with Crippen LogP contribution >= 0.6 is 0 Å². The van der Waals surface area contributed by atoms with Crippen LogP contribution in [0.5, 0.6) is 0 Å². The third kappa shape index (κ3) is 4.16. The summed E-state index contributed by atoms with van der Waals surface area (Å²) in [6, 6.07) is 10.6. The number of para-hydroxylation sites is 1. The number of aliphatic hydroxyl groups is 1. The Morgan fingerprint density at radius 3 is 2.74 bits per heavy atom. The molecule has 1 heterocycles. The first-order valence-corrected chi connectivity index (χ1v) is 8.74.